The molecule has 1 nitrogen and oxygen atoms in total. The Hall–Kier alpha value is -1.81. The Morgan fingerprint density at radius 3 is 1.55 bits per heavy atom. The lowest BCUT2D eigenvalue weighted by Gasteiger charge is -2.28. The van der Waals surface area contributed by atoms with E-state index < -0.39 is 0 Å². The number of para-hydroxylation sites is 2. The first-order chi connectivity index (χ1) is 10.7. The van der Waals surface area contributed by atoms with Crippen molar-refractivity contribution in [2.24, 2.45) is 0 Å². The van der Waals surface area contributed by atoms with E-state index >= 15 is 0 Å². The number of aryl methyl sites for hydroxylation is 2. The van der Waals surface area contributed by atoms with Gasteiger partial charge in [-0.3, -0.25) is 0 Å². The summed E-state index contributed by atoms with van der Waals surface area (Å²) >= 11 is 2.34. The molecule has 0 saturated heterocycles. The predicted molar refractivity (Wildman–Crippen MR) is 103 cm³/mol. The van der Waals surface area contributed by atoms with Gasteiger partial charge in [0.1, 0.15) is 0 Å². The minimum atomic E-state index is 1.18. The number of benzene rings is 3. The molecule has 0 aliphatic heterocycles. The molecular weight excluding hydrogens is 381 g/mol. The Kier molecular flexibility index (Phi) is 4.48. The lowest BCUT2D eigenvalue weighted by Crippen LogP contribution is -2.12. The zero-order valence-electron chi connectivity index (χ0n) is 12.8. The van der Waals surface area contributed by atoms with E-state index in [1.165, 1.54) is 31.8 Å². The van der Waals surface area contributed by atoms with Crippen LogP contribution in [0.25, 0.3) is 0 Å². The largest absolute Gasteiger partial charge is 0.310 e. The summed E-state index contributed by atoms with van der Waals surface area (Å²) in [6, 6.07) is 25.7. The van der Waals surface area contributed by atoms with E-state index in [0.717, 1.165) is 0 Å². The molecule has 0 aliphatic carbocycles. The van der Waals surface area contributed by atoms with Crippen molar-refractivity contribution in [3.63, 3.8) is 0 Å². The van der Waals surface area contributed by atoms with Gasteiger partial charge in [-0.05, 0) is 84.0 Å². The second-order valence-corrected chi connectivity index (χ2v) is 6.63. The van der Waals surface area contributed by atoms with Gasteiger partial charge in [0.2, 0.25) is 0 Å². The fourth-order valence-electron chi connectivity index (χ4n) is 2.63. The summed E-state index contributed by atoms with van der Waals surface area (Å²) in [4.78, 5) is 2.33. The summed E-state index contributed by atoms with van der Waals surface area (Å²) in [7, 11) is 0. The highest BCUT2D eigenvalue weighted by Crippen LogP contribution is 2.37. The van der Waals surface area contributed by atoms with Gasteiger partial charge in [0.15, 0.2) is 0 Å². The summed E-state index contributed by atoms with van der Waals surface area (Å²) < 4.78 is 1.25. The second kappa shape index (κ2) is 6.53. The molecule has 2 heteroatoms. The van der Waals surface area contributed by atoms with Crippen LogP contribution in [0, 0.1) is 17.4 Å². The van der Waals surface area contributed by atoms with Gasteiger partial charge in [0.25, 0.3) is 0 Å². The zero-order valence-corrected chi connectivity index (χ0v) is 14.9. The Morgan fingerprint density at radius 1 is 0.636 bits per heavy atom. The monoisotopic (exact) mass is 399 g/mol. The molecule has 0 radical (unpaired) electrons. The first-order valence-corrected chi connectivity index (χ1v) is 8.41. The number of hydrogen-bond acceptors (Lipinski definition) is 1. The van der Waals surface area contributed by atoms with E-state index in [1.54, 1.807) is 0 Å². The van der Waals surface area contributed by atoms with Gasteiger partial charge in [-0.15, -0.1) is 0 Å². The molecule has 0 amide bonds. The van der Waals surface area contributed by atoms with Crippen LogP contribution in [0.5, 0.6) is 0 Å². The minimum absolute atomic E-state index is 1.18. The number of nitrogens with zero attached hydrogens (tertiary/aromatic N) is 1. The molecule has 0 atom stereocenters. The molecule has 0 aliphatic rings. The fourth-order valence-corrected chi connectivity index (χ4v) is 2.99. The molecule has 3 aromatic rings. The molecule has 0 fully saturated rings. The summed E-state index contributed by atoms with van der Waals surface area (Å²) in [6.45, 7) is 4.32. The highest BCUT2D eigenvalue weighted by molar-refractivity contribution is 14.1. The molecule has 0 aromatic heterocycles. The molecule has 3 rings (SSSR count). The van der Waals surface area contributed by atoms with Crippen LogP contribution in [0.4, 0.5) is 17.1 Å². The number of hydrogen-bond donors (Lipinski definition) is 0. The van der Waals surface area contributed by atoms with Crippen LogP contribution in [0.2, 0.25) is 0 Å². The number of halogens is 1. The average molecular weight is 399 g/mol. The molecule has 110 valence electrons. The highest BCUT2D eigenvalue weighted by Gasteiger charge is 2.15. The first kappa shape index (κ1) is 15.1. The predicted octanol–water partition coefficient (Wildman–Crippen LogP) is 6.38. The Labute approximate surface area is 145 Å². The Morgan fingerprint density at radius 2 is 1.09 bits per heavy atom. The molecular formula is C20H18IN. The lowest BCUT2D eigenvalue weighted by molar-refractivity contribution is 1.22. The van der Waals surface area contributed by atoms with Crippen molar-refractivity contribution in [1.29, 1.82) is 0 Å². The second-order valence-electron chi connectivity index (χ2n) is 5.38. The maximum atomic E-state index is 2.34. The summed E-state index contributed by atoms with van der Waals surface area (Å²) in [6.07, 6.45) is 0. The van der Waals surface area contributed by atoms with E-state index in [9.17, 15) is 0 Å². The van der Waals surface area contributed by atoms with Crippen molar-refractivity contribution in [2.45, 2.75) is 13.8 Å². The zero-order chi connectivity index (χ0) is 15.5. The van der Waals surface area contributed by atoms with Crippen molar-refractivity contribution >= 4 is 39.7 Å². The smallest absolute Gasteiger partial charge is 0.0490 e. The third-order valence-corrected chi connectivity index (χ3v) is 4.52. The average Bonchev–Trinajstić information content (AvgIpc) is 2.53. The standard InChI is InChI=1S/C20H18IN/c1-15-7-3-5-9-19(15)22(18-13-11-17(21)12-14-18)20-10-6-4-8-16(20)2/h3-14H,1-2H3. The molecule has 0 N–H and O–H groups in total. The van der Waals surface area contributed by atoms with Crippen LogP contribution < -0.4 is 4.90 Å². The van der Waals surface area contributed by atoms with E-state index in [0.29, 0.717) is 0 Å². The first-order valence-electron chi connectivity index (χ1n) is 7.34. The lowest BCUT2D eigenvalue weighted by atomic mass is 10.1. The molecule has 0 spiro atoms. The van der Waals surface area contributed by atoms with Gasteiger partial charge >= 0.3 is 0 Å². The third kappa shape index (κ3) is 3.02. The van der Waals surface area contributed by atoms with Crippen molar-refractivity contribution in [3.8, 4) is 0 Å². The van der Waals surface area contributed by atoms with Crippen molar-refractivity contribution in [2.75, 3.05) is 4.90 Å². The van der Waals surface area contributed by atoms with E-state index in [-0.39, 0.29) is 0 Å². The molecule has 22 heavy (non-hydrogen) atoms. The van der Waals surface area contributed by atoms with Gasteiger partial charge in [0, 0.05) is 20.6 Å². The normalized spacial score (nSPS) is 10.5. The SMILES string of the molecule is Cc1ccccc1N(c1ccc(I)cc1)c1ccccc1C. The van der Waals surface area contributed by atoms with E-state index in [4.69, 9.17) is 0 Å². The van der Waals surface area contributed by atoms with Gasteiger partial charge in [-0.2, -0.15) is 0 Å². The van der Waals surface area contributed by atoms with Crippen LogP contribution in [0.1, 0.15) is 11.1 Å². The van der Waals surface area contributed by atoms with Gasteiger partial charge in [-0.25, -0.2) is 0 Å². The molecule has 0 unspecified atom stereocenters. The van der Waals surface area contributed by atoms with Gasteiger partial charge in [-0.1, -0.05) is 36.4 Å². The summed E-state index contributed by atoms with van der Waals surface area (Å²) in [5.74, 6) is 0. The topological polar surface area (TPSA) is 3.24 Å². The third-order valence-electron chi connectivity index (χ3n) is 3.80. The van der Waals surface area contributed by atoms with Crippen LogP contribution in [-0.4, -0.2) is 0 Å². The Bertz CT molecular complexity index is 732. The van der Waals surface area contributed by atoms with Crippen LogP contribution in [0.15, 0.2) is 72.8 Å². The fraction of sp³-hybridized carbons (Fsp3) is 0.100. The van der Waals surface area contributed by atoms with Gasteiger partial charge in [0.05, 0.1) is 0 Å². The summed E-state index contributed by atoms with van der Waals surface area (Å²) in [5.41, 5.74) is 6.16. The van der Waals surface area contributed by atoms with Crippen LogP contribution >= 0.6 is 22.6 Å². The number of anilines is 3. The quantitative estimate of drug-likeness (QED) is 0.462. The van der Waals surface area contributed by atoms with Crippen molar-refractivity contribution in [1.82, 2.24) is 0 Å². The molecule has 0 bridgehead atoms. The van der Waals surface area contributed by atoms with Crippen molar-refractivity contribution in [3.05, 3.63) is 87.5 Å². The minimum Gasteiger partial charge on any atom is -0.310 e. The maximum Gasteiger partial charge on any atom is 0.0490 e. The number of rotatable bonds is 3. The van der Waals surface area contributed by atoms with Gasteiger partial charge < -0.3 is 4.90 Å². The van der Waals surface area contributed by atoms with Crippen molar-refractivity contribution < 1.29 is 0 Å². The molecule has 0 heterocycles. The van der Waals surface area contributed by atoms with Crippen LogP contribution in [0.3, 0.4) is 0 Å². The van der Waals surface area contributed by atoms with E-state index in [1.807, 2.05) is 0 Å². The molecule has 0 saturated carbocycles. The van der Waals surface area contributed by atoms with E-state index in [2.05, 4.69) is 114 Å². The maximum absolute atomic E-state index is 2.34. The summed E-state index contributed by atoms with van der Waals surface area (Å²) in [5, 5.41) is 0. The van der Waals surface area contributed by atoms with Crippen LogP contribution in [-0.2, 0) is 0 Å². The highest BCUT2D eigenvalue weighted by atomic mass is 127. The Balaban J connectivity index is 2.21. The molecule has 3 aromatic carbocycles.